The second kappa shape index (κ2) is 5.53. The molecule has 0 radical (unpaired) electrons. The van der Waals surface area contributed by atoms with E-state index < -0.39 is 15.3 Å². The van der Waals surface area contributed by atoms with Gasteiger partial charge in [0.2, 0.25) is 11.7 Å². The predicted octanol–water partition coefficient (Wildman–Crippen LogP) is 3.25. The van der Waals surface area contributed by atoms with Gasteiger partial charge in [0.15, 0.2) is 9.84 Å². The molecule has 7 heteroatoms. The van der Waals surface area contributed by atoms with E-state index in [-0.39, 0.29) is 27.9 Å². The second-order valence-corrected chi connectivity index (χ2v) is 9.65. The summed E-state index contributed by atoms with van der Waals surface area (Å²) in [5.41, 5.74) is 0.452. The summed E-state index contributed by atoms with van der Waals surface area (Å²) in [5.74, 6) is -0.718. The first-order valence-electron chi connectivity index (χ1n) is 7.39. The van der Waals surface area contributed by atoms with Crippen molar-refractivity contribution in [2.24, 2.45) is 5.41 Å². The monoisotopic (exact) mass is 363 g/mol. The Bertz CT molecular complexity index is 949. The van der Waals surface area contributed by atoms with E-state index >= 15 is 0 Å². The number of hydrogen-bond acceptors (Lipinski definition) is 5. The standard InChI is InChI=1S/C17H17NO4S2/c1-17(2,3)16(20)18-11-4-5-12-13(8-11)24(21,22)9-10-6-7-23-15(10)14(12)19/h4-8H,9H2,1-3H3,(H,18,20). The molecule has 2 aromatic rings. The van der Waals surface area contributed by atoms with Crippen molar-refractivity contribution in [3.05, 3.63) is 45.6 Å². The Morgan fingerprint density at radius 1 is 1.21 bits per heavy atom. The number of nitrogens with one attached hydrogen (secondary N) is 1. The smallest absolute Gasteiger partial charge is 0.229 e. The van der Waals surface area contributed by atoms with Crippen molar-refractivity contribution in [1.29, 1.82) is 0 Å². The van der Waals surface area contributed by atoms with Crippen molar-refractivity contribution < 1.29 is 18.0 Å². The molecule has 0 bridgehead atoms. The number of carbonyl (C=O) groups excluding carboxylic acids is 2. The summed E-state index contributed by atoms with van der Waals surface area (Å²) in [4.78, 5) is 25.2. The van der Waals surface area contributed by atoms with Crippen LogP contribution in [0, 0.1) is 5.41 Å². The van der Waals surface area contributed by atoms with Gasteiger partial charge >= 0.3 is 0 Å². The van der Waals surface area contributed by atoms with E-state index in [0.717, 1.165) is 0 Å². The normalized spacial score (nSPS) is 16.0. The molecule has 0 fully saturated rings. The molecular weight excluding hydrogens is 346 g/mol. The van der Waals surface area contributed by atoms with Gasteiger partial charge in [-0.3, -0.25) is 9.59 Å². The number of ketones is 1. The van der Waals surface area contributed by atoms with E-state index in [4.69, 9.17) is 0 Å². The van der Waals surface area contributed by atoms with Crippen LogP contribution in [0.4, 0.5) is 5.69 Å². The lowest BCUT2D eigenvalue weighted by atomic mass is 9.95. The molecule has 0 saturated carbocycles. The molecule has 0 atom stereocenters. The average Bonchev–Trinajstić information content (AvgIpc) is 2.90. The number of benzene rings is 1. The lowest BCUT2D eigenvalue weighted by molar-refractivity contribution is -0.123. The molecule has 0 aliphatic carbocycles. The van der Waals surface area contributed by atoms with Gasteiger partial charge in [-0.1, -0.05) is 20.8 Å². The SMILES string of the molecule is CC(C)(C)C(=O)Nc1ccc2c(c1)S(=O)(=O)Cc1ccsc1C2=O. The number of hydrogen-bond donors (Lipinski definition) is 1. The maximum Gasteiger partial charge on any atom is 0.229 e. The Hall–Kier alpha value is -1.99. The van der Waals surface area contributed by atoms with Gasteiger partial charge in [-0.25, -0.2) is 8.42 Å². The maximum absolute atomic E-state index is 12.7. The van der Waals surface area contributed by atoms with Gasteiger partial charge < -0.3 is 5.32 Å². The van der Waals surface area contributed by atoms with Crippen LogP contribution in [-0.2, 0) is 20.4 Å². The minimum absolute atomic E-state index is 0.0254. The van der Waals surface area contributed by atoms with Gasteiger partial charge in [-0.15, -0.1) is 11.3 Å². The summed E-state index contributed by atoms with van der Waals surface area (Å²) in [5, 5.41) is 4.43. The molecule has 5 nitrogen and oxygen atoms in total. The first-order valence-corrected chi connectivity index (χ1v) is 9.92. The molecule has 1 aliphatic heterocycles. The highest BCUT2D eigenvalue weighted by Gasteiger charge is 2.32. The minimum atomic E-state index is -3.65. The molecule has 0 spiro atoms. The lowest BCUT2D eigenvalue weighted by Crippen LogP contribution is -2.27. The summed E-state index contributed by atoms with van der Waals surface area (Å²) < 4.78 is 25.3. The van der Waals surface area contributed by atoms with Crippen LogP contribution in [-0.4, -0.2) is 20.1 Å². The Morgan fingerprint density at radius 2 is 1.92 bits per heavy atom. The Kier molecular flexibility index (Phi) is 3.88. The molecule has 1 N–H and O–H groups in total. The van der Waals surface area contributed by atoms with Gasteiger partial charge in [-0.05, 0) is 35.2 Å². The third-order valence-electron chi connectivity index (χ3n) is 3.80. The van der Waals surface area contributed by atoms with Crippen molar-refractivity contribution >= 4 is 38.6 Å². The zero-order chi connectivity index (χ0) is 17.7. The van der Waals surface area contributed by atoms with E-state index in [1.54, 1.807) is 38.3 Å². The van der Waals surface area contributed by atoms with Crippen LogP contribution < -0.4 is 5.32 Å². The Labute approximate surface area is 144 Å². The number of fused-ring (bicyclic) bond motifs is 2. The number of thiophene rings is 1. The predicted molar refractivity (Wildman–Crippen MR) is 93.2 cm³/mol. The molecule has 2 heterocycles. The minimum Gasteiger partial charge on any atom is -0.326 e. The zero-order valence-electron chi connectivity index (χ0n) is 13.5. The van der Waals surface area contributed by atoms with Crippen molar-refractivity contribution in [2.45, 2.75) is 31.4 Å². The fourth-order valence-corrected chi connectivity index (χ4v) is 4.99. The van der Waals surface area contributed by atoms with Gasteiger partial charge in [0.25, 0.3) is 0 Å². The molecule has 1 amide bonds. The molecule has 24 heavy (non-hydrogen) atoms. The largest absolute Gasteiger partial charge is 0.326 e. The summed E-state index contributed by atoms with van der Waals surface area (Å²) >= 11 is 1.25. The first kappa shape index (κ1) is 16.9. The number of rotatable bonds is 1. The Balaban J connectivity index is 2.09. The van der Waals surface area contributed by atoms with E-state index in [0.29, 0.717) is 16.1 Å². The molecule has 126 valence electrons. The van der Waals surface area contributed by atoms with Crippen LogP contribution >= 0.6 is 11.3 Å². The van der Waals surface area contributed by atoms with Crippen molar-refractivity contribution in [1.82, 2.24) is 0 Å². The molecule has 1 aromatic heterocycles. The number of amides is 1. The van der Waals surface area contributed by atoms with E-state index in [2.05, 4.69) is 5.32 Å². The first-order chi connectivity index (χ1) is 11.1. The van der Waals surface area contributed by atoms with Crippen molar-refractivity contribution in [3.8, 4) is 0 Å². The lowest BCUT2D eigenvalue weighted by Gasteiger charge is -2.18. The molecule has 0 unspecified atom stereocenters. The summed E-state index contributed by atoms with van der Waals surface area (Å²) in [6.45, 7) is 5.30. The van der Waals surface area contributed by atoms with Crippen LogP contribution in [0.25, 0.3) is 0 Å². The molecular formula is C17H17NO4S2. The quantitative estimate of drug-likeness (QED) is 0.843. The van der Waals surface area contributed by atoms with Crippen LogP contribution in [0.2, 0.25) is 0 Å². The third-order valence-corrected chi connectivity index (χ3v) is 6.45. The summed E-state index contributed by atoms with van der Waals surface area (Å²) in [6.07, 6.45) is 0. The topological polar surface area (TPSA) is 80.3 Å². The fraction of sp³-hybridized carbons (Fsp3) is 0.294. The highest BCUT2D eigenvalue weighted by molar-refractivity contribution is 7.90. The Morgan fingerprint density at radius 3 is 2.58 bits per heavy atom. The summed E-state index contributed by atoms with van der Waals surface area (Å²) in [7, 11) is -3.65. The van der Waals surface area contributed by atoms with Crippen LogP contribution in [0.3, 0.4) is 0 Å². The number of carbonyl (C=O) groups is 2. The summed E-state index contributed by atoms with van der Waals surface area (Å²) in [6, 6.07) is 6.09. The maximum atomic E-state index is 12.7. The molecule has 3 rings (SSSR count). The van der Waals surface area contributed by atoms with Crippen LogP contribution in [0.5, 0.6) is 0 Å². The number of anilines is 1. The second-order valence-electron chi connectivity index (χ2n) is 6.78. The van der Waals surface area contributed by atoms with Gasteiger partial charge in [-0.2, -0.15) is 0 Å². The zero-order valence-corrected chi connectivity index (χ0v) is 15.2. The number of sulfone groups is 1. The van der Waals surface area contributed by atoms with Crippen molar-refractivity contribution in [2.75, 3.05) is 5.32 Å². The van der Waals surface area contributed by atoms with Gasteiger partial charge in [0, 0.05) is 16.7 Å². The van der Waals surface area contributed by atoms with Gasteiger partial charge in [0.05, 0.1) is 15.5 Å². The fourth-order valence-electron chi connectivity index (χ4n) is 2.42. The molecule has 1 aromatic carbocycles. The van der Waals surface area contributed by atoms with Crippen molar-refractivity contribution in [3.63, 3.8) is 0 Å². The van der Waals surface area contributed by atoms with E-state index in [9.17, 15) is 18.0 Å². The van der Waals surface area contributed by atoms with E-state index in [1.807, 2.05) is 0 Å². The highest BCUT2D eigenvalue weighted by atomic mass is 32.2. The van der Waals surface area contributed by atoms with Gasteiger partial charge in [0.1, 0.15) is 0 Å². The average molecular weight is 363 g/mol. The molecule has 1 aliphatic rings. The third kappa shape index (κ3) is 2.89. The highest BCUT2D eigenvalue weighted by Crippen LogP contribution is 2.34. The van der Waals surface area contributed by atoms with Crippen LogP contribution in [0.1, 0.15) is 41.6 Å². The van der Waals surface area contributed by atoms with E-state index in [1.165, 1.54) is 23.5 Å². The van der Waals surface area contributed by atoms with Crippen LogP contribution in [0.15, 0.2) is 34.5 Å². The molecule has 0 saturated heterocycles.